The van der Waals surface area contributed by atoms with Crippen molar-refractivity contribution < 1.29 is 9.90 Å². The number of nitrogens with one attached hydrogen (secondary N) is 1. The van der Waals surface area contributed by atoms with Crippen molar-refractivity contribution in [1.82, 2.24) is 10.4 Å². The van der Waals surface area contributed by atoms with Gasteiger partial charge in [0.25, 0.3) is 5.91 Å². The van der Waals surface area contributed by atoms with Gasteiger partial charge >= 0.3 is 0 Å². The van der Waals surface area contributed by atoms with E-state index in [1.54, 1.807) is 48.8 Å². The van der Waals surface area contributed by atoms with Gasteiger partial charge in [-0.25, -0.2) is 5.43 Å². The molecule has 0 unspecified atom stereocenters. The second-order valence-electron chi connectivity index (χ2n) is 4.32. The van der Waals surface area contributed by atoms with Crippen LogP contribution >= 0.6 is 0 Å². The average molecular weight is 281 g/mol. The average Bonchev–Trinajstić information content (AvgIpc) is 2.51. The fraction of sp³-hybridized carbons (Fsp3) is 0.0625. The standard InChI is InChI=1S/C16H15N3O2/c1-2-3-14-10-12(4-5-15(14)20)11-18-19-16(21)13-6-8-17-9-7-13/h2,4-11,20H,1,3H2,(H,19,21). The second-order valence-corrected chi connectivity index (χ2v) is 4.32. The maximum Gasteiger partial charge on any atom is 0.271 e. The van der Waals surface area contributed by atoms with Crippen molar-refractivity contribution in [3.05, 3.63) is 72.1 Å². The van der Waals surface area contributed by atoms with Crippen LogP contribution in [-0.4, -0.2) is 22.2 Å². The van der Waals surface area contributed by atoms with E-state index in [1.807, 2.05) is 0 Å². The molecular weight excluding hydrogens is 266 g/mol. The number of carbonyl (C=O) groups excluding carboxylic acids is 1. The van der Waals surface area contributed by atoms with Crippen LogP contribution < -0.4 is 5.43 Å². The lowest BCUT2D eigenvalue weighted by molar-refractivity contribution is 0.0955. The molecule has 1 heterocycles. The number of phenolic OH excluding ortho intramolecular Hbond substituents is 1. The zero-order valence-corrected chi connectivity index (χ0v) is 11.4. The number of rotatable bonds is 5. The summed E-state index contributed by atoms with van der Waals surface area (Å²) in [4.78, 5) is 15.6. The molecule has 2 rings (SSSR count). The molecule has 0 atom stereocenters. The first kappa shape index (κ1) is 14.5. The third-order valence-corrected chi connectivity index (χ3v) is 2.79. The van der Waals surface area contributed by atoms with Gasteiger partial charge in [-0.15, -0.1) is 6.58 Å². The Labute approximate surface area is 122 Å². The summed E-state index contributed by atoms with van der Waals surface area (Å²) >= 11 is 0. The smallest absolute Gasteiger partial charge is 0.271 e. The summed E-state index contributed by atoms with van der Waals surface area (Å²) in [6, 6.07) is 8.30. The SMILES string of the molecule is C=CCc1cc(C=NNC(=O)c2ccncc2)ccc1O. The van der Waals surface area contributed by atoms with E-state index in [0.29, 0.717) is 12.0 Å². The highest BCUT2D eigenvalue weighted by atomic mass is 16.3. The third-order valence-electron chi connectivity index (χ3n) is 2.79. The van der Waals surface area contributed by atoms with Crippen molar-refractivity contribution in [1.29, 1.82) is 0 Å². The minimum absolute atomic E-state index is 0.216. The van der Waals surface area contributed by atoms with Crippen molar-refractivity contribution in [3.8, 4) is 5.75 Å². The highest BCUT2D eigenvalue weighted by molar-refractivity contribution is 5.94. The zero-order valence-electron chi connectivity index (χ0n) is 11.4. The predicted molar refractivity (Wildman–Crippen MR) is 81.3 cm³/mol. The minimum atomic E-state index is -0.307. The number of allylic oxidation sites excluding steroid dienone is 1. The summed E-state index contributed by atoms with van der Waals surface area (Å²) in [6.45, 7) is 3.64. The molecule has 5 heteroatoms. The highest BCUT2D eigenvalue weighted by Gasteiger charge is 2.03. The van der Waals surface area contributed by atoms with E-state index in [0.717, 1.165) is 11.1 Å². The number of pyridine rings is 1. The zero-order chi connectivity index (χ0) is 15.1. The Balaban J connectivity index is 2.03. The maximum atomic E-state index is 11.8. The van der Waals surface area contributed by atoms with Crippen molar-refractivity contribution in [3.63, 3.8) is 0 Å². The van der Waals surface area contributed by atoms with Gasteiger partial charge in [-0.1, -0.05) is 6.08 Å². The fourth-order valence-corrected chi connectivity index (χ4v) is 1.74. The number of hydrazone groups is 1. The lowest BCUT2D eigenvalue weighted by Crippen LogP contribution is -2.17. The molecule has 5 nitrogen and oxygen atoms in total. The molecule has 0 saturated heterocycles. The van der Waals surface area contributed by atoms with Crippen molar-refractivity contribution >= 4 is 12.1 Å². The molecule has 0 aliphatic heterocycles. The molecule has 2 aromatic rings. The van der Waals surface area contributed by atoms with E-state index in [1.165, 1.54) is 6.21 Å². The molecule has 1 amide bonds. The van der Waals surface area contributed by atoms with Crippen LogP contribution in [0.1, 0.15) is 21.5 Å². The van der Waals surface area contributed by atoms with Crippen LogP contribution in [0.3, 0.4) is 0 Å². The Hall–Kier alpha value is -2.95. The molecule has 0 saturated carbocycles. The van der Waals surface area contributed by atoms with Gasteiger partial charge in [0.2, 0.25) is 0 Å². The normalized spacial score (nSPS) is 10.5. The maximum absolute atomic E-state index is 11.8. The number of aromatic nitrogens is 1. The molecule has 0 spiro atoms. The summed E-state index contributed by atoms with van der Waals surface area (Å²) in [5.41, 5.74) is 4.46. The monoisotopic (exact) mass is 281 g/mol. The Morgan fingerprint density at radius 1 is 1.33 bits per heavy atom. The number of amides is 1. The van der Waals surface area contributed by atoms with Gasteiger partial charge < -0.3 is 5.11 Å². The van der Waals surface area contributed by atoms with E-state index in [-0.39, 0.29) is 11.7 Å². The van der Waals surface area contributed by atoms with E-state index < -0.39 is 0 Å². The van der Waals surface area contributed by atoms with Crippen molar-refractivity contribution in [2.75, 3.05) is 0 Å². The lowest BCUT2D eigenvalue weighted by Gasteiger charge is -2.03. The van der Waals surface area contributed by atoms with Crippen LogP contribution in [-0.2, 0) is 6.42 Å². The Morgan fingerprint density at radius 2 is 2.10 bits per heavy atom. The van der Waals surface area contributed by atoms with Gasteiger partial charge in [-0.2, -0.15) is 5.10 Å². The fourth-order valence-electron chi connectivity index (χ4n) is 1.74. The van der Waals surface area contributed by atoms with Gasteiger partial charge in [0.15, 0.2) is 0 Å². The van der Waals surface area contributed by atoms with Crippen LogP contribution in [0.5, 0.6) is 5.75 Å². The summed E-state index contributed by atoms with van der Waals surface area (Å²) in [6.07, 6.45) is 6.88. The van der Waals surface area contributed by atoms with Gasteiger partial charge in [-0.05, 0) is 47.9 Å². The predicted octanol–water partition coefficient (Wildman–Crippen LogP) is 2.28. The molecule has 0 aliphatic rings. The first-order valence-electron chi connectivity index (χ1n) is 6.37. The molecule has 1 aromatic carbocycles. The summed E-state index contributed by atoms with van der Waals surface area (Å²) in [7, 11) is 0. The van der Waals surface area contributed by atoms with Crippen LogP contribution in [0.2, 0.25) is 0 Å². The number of hydrogen-bond acceptors (Lipinski definition) is 4. The van der Waals surface area contributed by atoms with E-state index in [9.17, 15) is 9.90 Å². The van der Waals surface area contributed by atoms with E-state index in [4.69, 9.17) is 0 Å². The molecule has 2 N–H and O–H groups in total. The Kier molecular flexibility index (Phi) is 4.82. The van der Waals surface area contributed by atoms with E-state index >= 15 is 0 Å². The van der Waals surface area contributed by atoms with Crippen molar-refractivity contribution in [2.24, 2.45) is 5.10 Å². The highest BCUT2D eigenvalue weighted by Crippen LogP contribution is 2.18. The van der Waals surface area contributed by atoms with Crippen molar-refractivity contribution in [2.45, 2.75) is 6.42 Å². The Morgan fingerprint density at radius 3 is 2.81 bits per heavy atom. The quantitative estimate of drug-likeness (QED) is 0.501. The molecule has 1 aromatic heterocycles. The largest absolute Gasteiger partial charge is 0.508 e. The van der Waals surface area contributed by atoms with Crippen LogP contribution in [0.25, 0.3) is 0 Å². The summed E-state index contributed by atoms with van der Waals surface area (Å²) in [5.74, 6) is -0.0911. The number of benzene rings is 1. The first-order valence-corrected chi connectivity index (χ1v) is 6.37. The molecule has 0 radical (unpaired) electrons. The van der Waals surface area contributed by atoms with Gasteiger partial charge in [-0.3, -0.25) is 9.78 Å². The third kappa shape index (κ3) is 4.01. The number of hydrogen-bond donors (Lipinski definition) is 2. The molecule has 0 aliphatic carbocycles. The number of aromatic hydroxyl groups is 1. The molecule has 106 valence electrons. The number of phenols is 1. The molecular formula is C16H15N3O2. The van der Waals surface area contributed by atoms with Gasteiger partial charge in [0.05, 0.1) is 6.21 Å². The molecule has 21 heavy (non-hydrogen) atoms. The van der Waals surface area contributed by atoms with Gasteiger partial charge in [0, 0.05) is 18.0 Å². The second kappa shape index (κ2) is 7.00. The minimum Gasteiger partial charge on any atom is -0.508 e. The van der Waals surface area contributed by atoms with Crippen LogP contribution in [0, 0.1) is 0 Å². The Bertz CT molecular complexity index is 666. The molecule has 0 bridgehead atoms. The topological polar surface area (TPSA) is 74.6 Å². The first-order chi connectivity index (χ1) is 10.2. The number of carbonyl (C=O) groups is 1. The lowest BCUT2D eigenvalue weighted by atomic mass is 10.1. The summed E-state index contributed by atoms with van der Waals surface area (Å²) in [5, 5.41) is 13.6. The molecule has 0 fully saturated rings. The number of nitrogens with zero attached hydrogens (tertiary/aromatic N) is 2. The summed E-state index contributed by atoms with van der Waals surface area (Å²) < 4.78 is 0. The van der Waals surface area contributed by atoms with Crippen LogP contribution in [0.15, 0.2) is 60.5 Å². The van der Waals surface area contributed by atoms with E-state index in [2.05, 4.69) is 22.1 Å². The van der Waals surface area contributed by atoms with Gasteiger partial charge in [0.1, 0.15) is 5.75 Å². The van der Waals surface area contributed by atoms with Crippen LogP contribution in [0.4, 0.5) is 0 Å².